The summed E-state index contributed by atoms with van der Waals surface area (Å²) in [5, 5.41) is 7.96. The van der Waals surface area contributed by atoms with Crippen molar-refractivity contribution in [2.75, 3.05) is 13.7 Å². The summed E-state index contributed by atoms with van der Waals surface area (Å²) in [6.45, 7) is 0.611. The number of amides is 1. The number of benzene rings is 1. The number of methoxy groups -OCH3 is 1. The summed E-state index contributed by atoms with van der Waals surface area (Å²) in [6, 6.07) is 8.80. The van der Waals surface area contributed by atoms with Gasteiger partial charge in [0, 0.05) is 18.0 Å². The van der Waals surface area contributed by atoms with Crippen LogP contribution in [0.25, 0.3) is 11.0 Å². The lowest BCUT2D eigenvalue weighted by atomic mass is 10.2. The van der Waals surface area contributed by atoms with Gasteiger partial charge in [0.25, 0.3) is 11.5 Å². The third-order valence-corrected chi connectivity index (χ3v) is 4.58. The number of aryl methyl sites for hydroxylation is 2. The van der Waals surface area contributed by atoms with E-state index >= 15 is 0 Å². The number of para-hydroxylation sites is 1. The standard InChI is InChI=1S/C19H19N3O4/c1-25-15-7-3-5-13-10-16(26-18(13)15)19(24)20-8-9-22-17(23)11-12-4-2-6-14(12)21-22/h3,5,7,10-11H,2,4,6,8-9H2,1H3,(H,20,24). The quantitative estimate of drug-likeness (QED) is 0.757. The third kappa shape index (κ3) is 2.96. The Hall–Kier alpha value is -3.09. The van der Waals surface area contributed by atoms with Crippen LogP contribution in [0, 0.1) is 0 Å². The van der Waals surface area contributed by atoms with E-state index in [0.29, 0.717) is 24.4 Å². The zero-order valence-electron chi connectivity index (χ0n) is 14.4. The van der Waals surface area contributed by atoms with Gasteiger partial charge < -0.3 is 14.5 Å². The maximum absolute atomic E-state index is 12.3. The van der Waals surface area contributed by atoms with Crippen molar-refractivity contribution in [1.29, 1.82) is 0 Å². The molecule has 1 aliphatic carbocycles. The second-order valence-electron chi connectivity index (χ2n) is 6.28. The second-order valence-corrected chi connectivity index (χ2v) is 6.28. The highest BCUT2D eigenvalue weighted by molar-refractivity contribution is 5.97. The molecule has 0 fully saturated rings. The number of nitrogens with one attached hydrogen (secondary N) is 1. The van der Waals surface area contributed by atoms with Gasteiger partial charge in [0.1, 0.15) is 0 Å². The largest absolute Gasteiger partial charge is 0.493 e. The Morgan fingerprint density at radius 2 is 2.23 bits per heavy atom. The zero-order chi connectivity index (χ0) is 18.1. The number of ether oxygens (including phenoxy) is 1. The van der Waals surface area contributed by atoms with Gasteiger partial charge in [0.2, 0.25) is 0 Å². The summed E-state index contributed by atoms with van der Waals surface area (Å²) in [7, 11) is 1.55. The molecule has 0 saturated carbocycles. The number of hydrogen-bond acceptors (Lipinski definition) is 5. The number of carbonyl (C=O) groups excluding carboxylic acids is 1. The summed E-state index contributed by atoms with van der Waals surface area (Å²) < 4.78 is 12.3. The lowest BCUT2D eigenvalue weighted by Crippen LogP contribution is -2.32. The molecule has 26 heavy (non-hydrogen) atoms. The van der Waals surface area contributed by atoms with Crippen LogP contribution in [0.4, 0.5) is 0 Å². The first-order valence-electron chi connectivity index (χ1n) is 8.60. The molecule has 3 aromatic rings. The smallest absolute Gasteiger partial charge is 0.287 e. The van der Waals surface area contributed by atoms with E-state index in [4.69, 9.17) is 9.15 Å². The van der Waals surface area contributed by atoms with Crippen LogP contribution < -0.4 is 15.6 Å². The molecule has 0 radical (unpaired) electrons. The molecular weight excluding hydrogens is 334 g/mol. The van der Waals surface area contributed by atoms with Gasteiger partial charge in [0.05, 0.1) is 19.3 Å². The van der Waals surface area contributed by atoms with E-state index in [9.17, 15) is 9.59 Å². The molecule has 4 rings (SSSR count). The molecule has 7 nitrogen and oxygen atoms in total. The minimum atomic E-state index is -0.336. The molecule has 7 heteroatoms. The van der Waals surface area contributed by atoms with Gasteiger partial charge in [-0.1, -0.05) is 12.1 Å². The van der Waals surface area contributed by atoms with E-state index in [1.807, 2.05) is 12.1 Å². The van der Waals surface area contributed by atoms with Crippen LogP contribution in [-0.4, -0.2) is 29.3 Å². The molecule has 2 aromatic heterocycles. The first-order valence-corrected chi connectivity index (χ1v) is 8.60. The van der Waals surface area contributed by atoms with Crippen molar-refractivity contribution in [3.63, 3.8) is 0 Å². The van der Waals surface area contributed by atoms with E-state index in [1.54, 1.807) is 25.3 Å². The van der Waals surface area contributed by atoms with Crippen molar-refractivity contribution >= 4 is 16.9 Å². The maximum Gasteiger partial charge on any atom is 0.287 e. The molecule has 0 spiro atoms. The summed E-state index contributed by atoms with van der Waals surface area (Å²) in [4.78, 5) is 24.4. The fourth-order valence-corrected chi connectivity index (χ4v) is 3.27. The number of rotatable bonds is 5. The Labute approximate surface area is 149 Å². The molecule has 1 amide bonds. The topological polar surface area (TPSA) is 86.4 Å². The van der Waals surface area contributed by atoms with Crippen LogP contribution >= 0.6 is 0 Å². The number of hydrogen-bond donors (Lipinski definition) is 1. The van der Waals surface area contributed by atoms with Crippen molar-refractivity contribution < 1.29 is 13.9 Å². The Balaban J connectivity index is 1.44. The Morgan fingerprint density at radius 1 is 1.35 bits per heavy atom. The monoisotopic (exact) mass is 353 g/mol. The highest BCUT2D eigenvalue weighted by Crippen LogP contribution is 2.28. The molecule has 1 N–H and O–H groups in total. The number of nitrogens with zero attached hydrogens (tertiary/aromatic N) is 2. The van der Waals surface area contributed by atoms with Crippen LogP contribution in [0.2, 0.25) is 0 Å². The van der Waals surface area contributed by atoms with Crippen LogP contribution in [0.5, 0.6) is 5.75 Å². The fourth-order valence-electron chi connectivity index (χ4n) is 3.27. The summed E-state index contributed by atoms with van der Waals surface area (Å²) in [5.74, 6) is 0.451. The molecule has 1 aliphatic rings. The average molecular weight is 353 g/mol. The normalized spacial score (nSPS) is 13.0. The molecule has 0 bridgehead atoms. The molecule has 0 aliphatic heterocycles. The second kappa shape index (κ2) is 6.67. The van der Waals surface area contributed by atoms with Gasteiger partial charge in [-0.2, -0.15) is 5.10 Å². The third-order valence-electron chi connectivity index (χ3n) is 4.58. The number of furan rings is 1. The first-order chi connectivity index (χ1) is 12.7. The van der Waals surface area contributed by atoms with Gasteiger partial charge >= 0.3 is 0 Å². The van der Waals surface area contributed by atoms with E-state index in [-0.39, 0.29) is 17.2 Å². The number of fused-ring (bicyclic) bond motifs is 2. The molecule has 0 atom stereocenters. The van der Waals surface area contributed by atoms with Gasteiger partial charge in [0.15, 0.2) is 17.1 Å². The lowest BCUT2D eigenvalue weighted by molar-refractivity contribution is 0.0926. The Bertz CT molecular complexity index is 1030. The van der Waals surface area contributed by atoms with Crippen molar-refractivity contribution in [2.45, 2.75) is 25.8 Å². The summed E-state index contributed by atoms with van der Waals surface area (Å²) >= 11 is 0. The SMILES string of the molecule is COc1cccc2cc(C(=O)NCCn3nc4c(cc3=O)CCC4)oc12. The summed E-state index contributed by atoms with van der Waals surface area (Å²) in [5.41, 5.74) is 2.44. The highest BCUT2D eigenvalue weighted by atomic mass is 16.5. The van der Waals surface area contributed by atoms with Crippen molar-refractivity contribution in [3.8, 4) is 5.75 Å². The van der Waals surface area contributed by atoms with Gasteiger partial charge in [-0.05, 0) is 37.0 Å². The number of aromatic nitrogens is 2. The fraction of sp³-hybridized carbons (Fsp3) is 0.316. The van der Waals surface area contributed by atoms with E-state index < -0.39 is 0 Å². The van der Waals surface area contributed by atoms with Crippen LogP contribution in [0.1, 0.15) is 28.2 Å². The van der Waals surface area contributed by atoms with E-state index in [2.05, 4.69) is 10.4 Å². The van der Waals surface area contributed by atoms with Crippen LogP contribution in [0.3, 0.4) is 0 Å². The summed E-state index contributed by atoms with van der Waals surface area (Å²) in [6.07, 6.45) is 2.87. The lowest BCUT2D eigenvalue weighted by Gasteiger charge is -2.07. The zero-order valence-corrected chi connectivity index (χ0v) is 14.4. The van der Waals surface area contributed by atoms with Crippen molar-refractivity contribution in [2.24, 2.45) is 0 Å². The molecule has 0 saturated heterocycles. The molecule has 1 aromatic carbocycles. The van der Waals surface area contributed by atoms with Gasteiger partial charge in [-0.25, -0.2) is 4.68 Å². The molecule has 0 unspecified atom stereocenters. The van der Waals surface area contributed by atoms with Gasteiger partial charge in [-0.15, -0.1) is 0 Å². The Morgan fingerprint density at radius 3 is 3.08 bits per heavy atom. The first kappa shape index (κ1) is 16.4. The van der Waals surface area contributed by atoms with E-state index in [0.717, 1.165) is 35.9 Å². The average Bonchev–Trinajstić information content (AvgIpc) is 3.27. The predicted molar refractivity (Wildman–Crippen MR) is 95.6 cm³/mol. The molecule has 134 valence electrons. The number of carbonyl (C=O) groups is 1. The van der Waals surface area contributed by atoms with Gasteiger partial charge in [-0.3, -0.25) is 9.59 Å². The van der Waals surface area contributed by atoms with Crippen molar-refractivity contribution in [3.05, 3.63) is 57.7 Å². The predicted octanol–water partition coefficient (Wildman–Crippen LogP) is 1.92. The molecular formula is C19H19N3O4. The van der Waals surface area contributed by atoms with Crippen molar-refractivity contribution in [1.82, 2.24) is 15.1 Å². The highest BCUT2D eigenvalue weighted by Gasteiger charge is 2.16. The molecule has 2 heterocycles. The maximum atomic E-state index is 12.3. The Kier molecular flexibility index (Phi) is 4.20. The van der Waals surface area contributed by atoms with Crippen LogP contribution in [0.15, 0.2) is 39.5 Å². The van der Waals surface area contributed by atoms with E-state index in [1.165, 1.54) is 4.68 Å². The van der Waals surface area contributed by atoms with Crippen LogP contribution in [-0.2, 0) is 19.4 Å². The minimum Gasteiger partial charge on any atom is -0.493 e. The minimum absolute atomic E-state index is 0.131.